The van der Waals surface area contributed by atoms with Crippen LogP contribution in [0.1, 0.15) is 11.4 Å². The summed E-state index contributed by atoms with van der Waals surface area (Å²) in [4.78, 5) is 36.5. The highest BCUT2D eigenvalue weighted by Crippen LogP contribution is 2.17. The minimum Gasteiger partial charge on any atom is -0.361 e. The third kappa shape index (κ3) is 3.31. The van der Waals surface area contributed by atoms with Gasteiger partial charge in [0.2, 0.25) is 5.91 Å². The summed E-state index contributed by atoms with van der Waals surface area (Å²) in [7, 11) is 0. The summed E-state index contributed by atoms with van der Waals surface area (Å²) in [5.74, 6) is 0.498. The molecule has 0 unspecified atom stereocenters. The van der Waals surface area contributed by atoms with Gasteiger partial charge in [-0.3, -0.25) is 14.2 Å². The average Bonchev–Trinajstić information content (AvgIpc) is 3.07. The Labute approximate surface area is 155 Å². The number of para-hydroxylation sites is 1. The number of fused-ring (bicyclic) bond motifs is 2. The summed E-state index contributed by atoms with van der Waals surface area (Å²) >= 11 is 0. The number of aromatic amines is 1. The van der Waals surface area contributed by atoms with E-state index in [-0.39, 0.29) is 17.9 Å². The van der Waals surface area contributed by atoms with E-state index in [4.69, 9.17) is 0 Å². The number of rotatable bonds is 5. The van der Waals surface area contributed by atoms with E-state index in [9.17, 15) is 9.59 Å². The number of amides is 1. The Hall–Kier alpha value is -3.48. The molecule has 0 radical (unpaired) electrons. The molecule has 1 aromatic carbocycles. The first-order valence-corrected chi connectivity index (χ1v) is 8.77. The molecule has 3 aromatic heterocycles. The maximum Gasteiger partial charge on any atom is 0.263 e. The number of H-pyrrole nitrogens is 1. The summed E-state index contributed by atoms with van der Waals surface area (Å²) in [6.45, 7) is 2.49. The highest BCUT2D eigenvalue weighted by molar-refractivity contribution is 5.88. The van der Waals surface area contributed by atoms with Crippen LogP contribution in [0, 0.1) is 6.92 Å². The first kappa shape index (κ1) is 17.0. The number of carbonyl (C=O) groups is 1. The van der Waals surface area contributed by atoms with Crippen molar-refractivity contribution in [2.75, 3.05) is 6.54 Å². The maximum atomic E-state index is 12.6. The maximum absolute atomic E-state index is 12.6. The molecule has 0 bridgehead atoms. The summed E-state index contributed by atoms with van der Waals surface area (Å²) in [6, 6.07) is 11.3. The van der Waals surface area contributed by atoms with Crippen LogP contribution in [0.15, 0.2) is 53.6 Å². The second kappa shape index (κ2) is 7.03. The van der Waals surface area contributed by atoms with Gasteiger partial charge in [0.25, 0.3) is 5.56 Å². The Balaban J connectivity index is 1.43. The van der Waals surface area contributed by atoms with Crippen molar-refractivity contribution in [2.45, 2.75) is 19.9 Å². The Kier molecular flexibility index (Phi) is 4.42. The minimum absolute atomic E-state index is 0.0825. The molecule has 0 atom stereocenters. The van der Waals surface area contributed by atoms with Gasteiger partial charge in [0.05, 0.1) is 11.8 Å². The van der Waals surface area contributed by atoms with Crippen LogP contribution in [0.3, 0.4) is 0 Å². The smallest absolute Gasteiger partial charge is 0.263 e. The van der Waals surface area contributed by atoms with Crippen LogP contribution in [0.4, 0.5) is 0 Å². The van der Waals surface area contributed by atoms with Crippen LogP contribution >= 0.6 is 0 Å². The molecule has 3 heterocycles. The quantitative estimate of drug-likeness (QED) is 0.568. The predicted octanol–water partition coefficient (Wildman–Crippen LogP) is 1.94. The summed E-state index contributed by atoms with van der Waals surface area (Å²) in [6.07, 6.45) is 3.76. The van der Waals surface area contributed by atoms with Gasteiger partial charge in [-0.05, 0) is 30.7 Å². The number of benzene rings is 1. The number of nitrogens with zero attached hydrogens (tertiary/aromatic N) is 3. The van der Waals surface area contributed by atoms with Crippen LogP contribution in [-0.2, 0) is 17.8 Å². The molecule has 4 aromatic rings. The molecular weight excluding hydrogens is 342 g/mol. The fraction of sp³-hybridized carbons (Fsp3) is 0.200. The van der Waals surface area contributed by atoms with E-state index in [2.05, 4.69) is 20.3 Å². The number of hydrogen-bond donors (Lipinski definition) is 2. The number of aryl methyl sites for hydroxylation is 1. The molecule has 4 rings (SSSR count). The topological polar surface area (TPSA) is 92.7 Å². The van der Waals surface area contributed by atoms with Crippen molar-refractivity contribution >= 4 is 27.8 Å². The Bertz CT molecular complexity index is 1190. The van der Waals surface area contributed by atoms with Crippen LogP contribution in [0.25, 0.3) is 21.9 Å². The zero-order chi connectivity index (χ0) is 18.8. The van der Waals surface area contributed by atoms with Crippen molar-refractivity contribution < 1.29 is 4.79 Å². The zero-order valence-electron chi connectivity index (χ0n) is 14.9. The Morgan fingerprint density at radius 3 is 2.89 bits per heavy atom. The lowest BCUT2D eigenvalue weighted by molar-refractivity contribution is -0.120. The van der Waals surface area contributed by atoms with E-state index in [0.29, 0.717) is 29.9 Å². The fourth-order valence-electron chi connectivity index (χ4n) is 3.24. The lowest BCUT2D eigenvalue weighted by Gasteiger charge is -2.11. The second-order valence-corrected chi connectivity index (χ2v) is 6.38. The highest BCUT2D eigenvalue weighted by Gasteiger charge is 2.10. The van der Waals surface area contributed by atoms with Crippen LogP contribution < -0.4 is 10.9 Å². The molecule has 0 aliphatic rings. The van der Waals surface area contributed by atoms with Gasteiger partial charge in [-0.15, -0.1) is 0 Å². The van der Waals surface area contributed by atoms with E-state index >= 15 is 0 Å². The Morgan fingerprint density at radius 1 is 1.19 bits per heavy atom. The summed E-state index contributed by atoms with van der Waals surface area (Å²) in [5.41, 5.74) is 2.27. The van der Waals surface area contributed by atoms with E-state index in [1.807, 2.05) is 30.5 Å². The molecule has 0 aliphatic carbocycles. The zero-order valence-corrected chi connectivity index (χ0v) is 14.9. The van der Waals surface area contributed by atoms with Crippen molar-refractivity contribution in [3.05, 3.63) is 70.5 Å². The number of pyridine rings is 1. The molecule has 2 N–H and O–H groups in total. The molecule has 0 saturated carbocycles. The minimum atomic E-state index is -0.142. The Morgan fingerprint density at radius 2 is 2.00 bits per heavy atom. The summed E-state index contributed by atoms with van der Waals surface area (Å²) in [5, 5.41) is 4.41. The number of carbonyl (C=O) groups excluding carboxylic acids is 1. The van der Waals surface area contributed by atoms with E-state index < -0.39 is 0 Å². The molecule has 1 amide bonds. The monoisotopic (exact) mass is 361 g/mol. The van der Waals surface area contributed by atoms with Gasteiger partial charge in [0.1, 0.15) is 5.82 Å². The molecule has 0 spiro atoms. The first-order chi connectivity index (χ1) is 13.1. The highest BCUT2D eigenvalue weighted by atomic mass is 16.1. The van der Waals surface area contributed by atoms with Crippen molar-refractivity contribution in [3.8, 4) is 0 Å². The van der Waals surface area contributed by atoms with Crippen LogP contribution in [-0.4, -0.2) is 32.0 Å². The van der Waals surface area contributed by atoms with Gasteiger partial charge in [-0.2, -0.15) is 0 Å². The molecule has 136 valence electrons. The molecule has 7 nitrogen and oxygen atoms in total. The van der Waals surface area contributed by atoms with E-state index in [1.165, 1.54) is 0 Å². The molecule has 7 heteroatoms. The molecule has 0 fully saturated rings. The average molecular weight is 361 g/mol. The van der Waals surface area contributed by atoms with Gasteiger partial charge in [-0.25, -0.2) is 9.97 Å². The van der Waals surface area contributed by atoms with Crippen molar-refractivity contribution in [1.82, 2.24) is 24.8 Å². The molecule has 0 saturated heterocycles. The van der Waals surface area contributed by atoms with Gasteiger partial charge in [0, 0.05) is 36.4 Å². The fourth-order valence-corrected chi connectivity index (χ4v) is 3.24. The number of nitrogens with one attached hydrogen (secondary N) is 2. The van der Waals surface area contributed by atoms with Crippen LogP contribution in [0.2, 0.25) is 0 Å². The normalized spacial score (nSPS) is 11.1. The van der Waals surface area contributed by atoms with Gasteiger partial charge in [-0.1, -0.05) is 18.2 Å². The van der Waals surface area contributed by atoms with Gasteiger partial charge >= 0.3 is 0 Å². The van der Waals surface area contributed by atoms with Crippen LogP contribution in [0.5, 0.6) is 0 Å². The number of hydrogen-bond acceptors (Lipinski definition) is 4. The standard InChI is InChI=1S/C20H19N5O2/c1-13-24-19-16(6-4-8-22-19)20(27)25(13)10-9-21-18(26)11-14-12-23-17-7-3-2-5-15(14)17/h2-8,12,23H,9-11H2,1H3,(H,21,26). The van der Waals surface area contributed by atoms with Gasteiger partial charge < -0.3 is 10.3 Å². The SMILES string of the molecule is Cc1nc2ncccc2c(=O)n1CCNC(=O)Cc1c[nH]c2ccccc12. The largest absolute Gasteiger partial charge is 0.361 e. The van der Waals surface area contributed by atoms with E-state index in [0.717, 1.165) is 16.5 Å². The van der Waals surface area contributed by atoms with Crippen molar-refractivity contribution in [2.24, 2.45) is 0 Å². The van der Waals surface area contributed by atoms with Crippen molar-refractivity contribution in [3.63, 3.8) is 0 Å². The summed E-state index contributed by atoms with van der Waals surface area (Å²) < 4.78 is 1.57. The lowest BCUT2D eigenvalue weighted by atomic mass is 10.1. The lowest BCUT2D eigenvalue weighted by Crippen LogP contribution is -2.33. The molecule has 27 heavy (non-hydrogen) atoms. The first-order valence-electron chi connectivity index (χ1n) is 8.77. The third-order valence-corrected chi connectivity index (χ3v) is 4.60. The second-order valence-electron chi connectivity index (χ2n) is 6.38. The predicted molar refractivity (Wildman–Crippen MR) is 104 cm³/mol. The number of aromatic nitrogens is 4. The van der Waals surface area contributed by atoms with E-state index in [1.54, 1.807) is 29.8 Å². The third-order valence-electron chi connectivity index (χ3n) is 4.60. The van der Waals surface area contributed by atoms with Gasteiger partial charge in [0.15, 0.2) is 5.65 Å². The molecule has 0 aliphatic heterocycles. The van der Waals surface area contributed by atoms with Crippen molar-refractivity contribution in [1.29, 1.82) is 0 Å². The molecular formula is C20H19N5O2.